The zero-order chi connectivity index (χ0) is 19.6. The van der Waals surface area contributed by atoms with Crippen molar-refractivity contribution in [1.29, 1.82) is 0 Å². The number of nitrogens with one attached hydrogen (secondary N) is 1. The van der Waals surface area contributed by atoms with Crippen LogP contribution in [0.25, 0.3) is 0 Å². The van der Waals surface area contributed by atoms with E-state index < -0.39 is 0 Å². The molecule has 3 N–H and O–H groups in total. The summed E-state index contributed by atoms with van der Waals surface area (Å²) in [4.78, 5) is 17.2. The lowest BCUT2D eigenvalue weighted by Gasteiger charge is -2.22. The molecule has 0 atom stereocenters. The van der Waals surface area contributed by atoms with Crippen molar-refractivity contribution in [3.05, 3.63) is 65.7 Å². The van der Waals surface area contributed by atoms with Gasteiger partial charge in [0.1, 0.15) is 12.4 Å². The summed E-state index contributed by atoms with van der Waals surface area (Å²) in [6.07, 6.45) is 5.63. The zero-order valence-corrected chi connectivity index (χ0v) is 16.0. The molecule has 0 aliphatic heterocycles. The van der Waals surface area contributed by atoms with E-state index in [0.29, 0.717) is 17.9 Å². The monoisotopic (exact) mass is 381 g/mol. The highest BCUT2D eigenvalue weighted by Crippen LogP contribution is 2.19. The molecular weight excluding hydrogens is 354 g/mol. The molecule has 0 radical (unpaired) electrons. The quantitative estimate of drug-likeness (QED) is 0.417. The topological polar surface area (TPSA) is 85.9 Å². The first kappa shape index (κ1) is 19.7. The molecule has 1 amide bonds. The van der Waals surface area contributed by atoms with Crippen LogP contribution in [-0.4, -0.2) is 24.4 Å². The van der Waals surface area contributed by atoms with Gasteiger partial charge in [0.2, 0.25) is 0 Å². The van der Waals surface area contributed by atoms with Crippen LogP contribution in [0.1, 0.15) is 43.2 Å². The number of nitrogens with two attached hydrogens (primary N) is 1. The van der Waals surface area contributed by atoms with Crippen LogP contribution in [0.2, 0.25) is 0 Å². The molecule has 148 valence electrons. The second-order valence-electron chi connectivity index (χ2n) is 6.92. The van der Waals surface area contributed by atoms with Crippen molar-refractivity contribution in [2.45, 2.75) is 44.8 Å². The van der Waals surface area contributed by atoms with Gasteiger partial charge in [0, 0.05) is 6.04 Å². The van der Waals surface area contributed by atoms with Crippen molar-refractivity contribution in [3.63, 3.8) is 0 Å². The summed E-state index contributed by atoms with van der Waals surface area (Å²) in [5, 5.41) is 6.88. The fourth-order valence-corrected chi connectivity index (χ4v) is 3.27. The predicted octanol–water partition coefficient (Wildman–Crippen LogP) is 3.35. The first-order chi connectivity index (χ1) is 13.7. The maximum atomic E-state index is 12.0. The number of oxime groups is 1. The molecule has 0 heterocycles. The molecule has 0 unspecified atom stereocenters. The van der Waals surface area contributed by atoms with Gasteiger partial charge in [-0.15, -0.1) is 0 Å². The third kappa shape index (κ3) is 6.01. The molecule has 1 saturated carbocycles. The maximum Gasteiger partial charge on any atom is 0.260 e. The molecule has 1 aliphatic rings. The highest BCUT2D eigenvalue weighted by molar-refractivity contribution is 5.99. The second-order valence-corrected chi connectivity index (χ2v) is 6.92. The van der Waals surface area contributed by atoms with Crippen molar-refractivity contribution in [2.75, 3.05) is 6.61 Å². The van der Waals surface area contributed by atoms with Gasteiger partial charge >= 0.3 is 0 Å². The van der Waals surface area contributed by atoms with Crippen LogP contribution in [0.4, 0.5) is 0 Å². The SMILES string of the molecule is N/C(=N/OCC(=O)NC1CCCCC1)c1ccccc1OCc1ccccc1. The first-order valence-corrected chi connectivity index (χ1v) is 9.73. The normalized spacial score (nSPS) is 15.1. The number of carbonyl (C=O) groups excluding carboxylic acids is 1. The Labute approximate surface area is 165 Å². The van der Waals surface area contributed by atoms with Gasteiger partial charge in [-0.05, 0) is 30.5 Å². The number of carbonyl (C=O) groups is 1. The number of amides is 1. The maximum absolute atomic E-state index is 12.0. The highest BCUT2D eigenvalue weighted by Gasteiger charge is 2.16. The van der Waals surface area contributed by atoms with E-state index in [0.717, 1.165) is 31.2 Å². The average Bonchev–Trinajstić information content (AvgIpc) is 2.74. The number of amidine groups is 1. The molecule has 0 saturated heterocycles. The van der Waals surface area contributed by atoms with Crippen molar-refractivity contribution < 1.29 is 14.4 Å². The largest absolute Gasteiger partial charge is 0.488 e. The van der Waals surface area contributed by atoms with E-state index in [1.807, 2.05) is 54.6 Å². The summed E-state index contributed by atoms with van der Waals surface area (Å²) in [5.41, 5.74) is 7.74. The summed E-state index contributed by atoms with van der Waals surface area (Å²) in [7, 11) is 0. The summed E-state index contributed by atoms with van der Waals surface area (Å²) in [6.45, 7) is 0.278. The Bertz CT molecular complexity index is 787. The Hall–Kier alpha value is -3.02. The Kier molecular flexibility index (Phi) is 7.29. The van der Waals surface area contributed by atoms with Crippen molar-refractivity contribution in [3.8, 4) is 5.75 Å². The second kappa shape index (κ2) is 10.3. The first-order valence-electron chi connectivity index (χ1n) is 9.73. The van der Waals surface area contributed by atoms with Crippen LogP contribution >= 0.6 is 0 Å². The fourth-order valence-electron chi connectivity index (χ4n) is 3.27. The lowest BCUT2D eigenvalue weighted by atomic mass is 9.95. The van der Waals surface area contributed by atoms with E-state index in [1.54, 1.807) is 0 Å². The summed E-state index contributed by atoms with van der Waals surface area (Å²) < 4.78 is 5.88. The Balaban J connectivity index is 1.52. The van der Waals surface area contributed by atoms with Crippen molar-refractivity contribution in [2.24, 2.45) is 10.9 Å². The minimum Gasteiger partial charge on any atom is -0.488 e. The molecule has 0 aromatic heterocycles. The molecule has 0 bridgehead atoms. The number of nitrogens with zero attached hydrogens (tertiary/aromatic N) is 1. The molecule has 1 fully saturated rings. The van der Waals surface area contributed by atoms with Crippen LogP contribution in [0, 0.1) is 0 Å². The number of rotatable bonds is 8. The van der Waals surface area contributed by atoms with E-state index in [9.17, 15) is 4.79 Å². The summed E-state index contributed by atoms with van der Waals surface area (Å²) in [5.74, 6) is 0.619. The van der Waals surface area contributed by atoms with Crippen LogP contribution in [0.3, 0.4) is 0 Å². The van der Waals surface area contributed by atoms with Crippen LogP contribution in [0.15, 0.2) is 59.8 Å². The minimum absolute atomic E-state index is 0.149. The molecule has 0 spiro atoms. The third-order valence-electron chi connectivity index (χ3n) is 4.73. The van der Waals surface area contributed by atoms with Crippen LogP contribution in [-0.2, 0) is 16.2 Å². The van der Waals surface area contributed by atoms with Gasteiger partial charge in [-0.25, -0.2) is 0 Å². The Morgan fingerprint density at radius 3 is 2.54 bits per heavy atom. The van der Waals surface area contributed by atoms with Gasteiger partial charge in [-0.2, -0.15) is 0 Å². The summed E-state index contributed by atoms with van der Waals surface area (Å²) >= 11 is 0. The molecule has 3 rings (SSSR count). The van der Waals surface area contributed by atoms with E-state index in [2.05, 4.69) is 10.5 Å². The minimum atomic E-state index is -0.169. The molecular formula is C22H27N3O3. The number of para-hydroxylation sites is 1. The molecule has 1 aliphatic carbocycles. The predicted molar refractivity (Wildman–Crippen MR) is 109 cm³/mol. The zero-order valence-electron chi connectivity index (χ0n) is 16.0. The van der Waals surface area contributed by atoms with Crippen LogP contribution < -0.4 is 15.8 Å². The molecule has 28 heavy (non-hydrogen) atoms. The lowest BCUT2D eigenvalue weighted by Crippen LogP contribution is -2.38. The van der Waals surface area contributed by atoms with Crippen LogP contribution in [0.5, 0.6) is 5.75 Å². The van der Waals surface area contributed by atoms with Gasteiger partial charge in [0.25, 0.3) is 5.91 Å². The number of hydrogen-bond donors (Lipinski definition) is 2. The molecule has 2 aromatic carbocycles. The van der Waals surface area contributed by atoms with E-state index in [1.165, 1.54) is 6.42 Å². The van der Waals surface area contributed by atoms with Gasteiger partial charge in [0.15, 0.2) is 12.4 Å². The van der Waals surface area contributed by atoms with Crippen molar-refractivity contribution >= 4 is 11.7 Å². The number of hydrogen-bond acceptors (Lipinski definition) is 4. The summed E-state index contributed by atoms with van der Waals surface area (Å²) in [6, 6.07) is 17.5. The average molecular weight is 381 g/mol. The van der Waals surface area contributed by atoms with E-state index in [4.69, 9.17) is 15.3 Å². The molecule has 6 nitrogen and oxygen atoms in total. The third-order valence-corrected chi connectivity index (χ3v) is 4.73. The number of benzene rings is 2. The van der Waals surface area contributed by atoms with Gasteiger partial charge in [-0.3, -0.25) is 4.79 Å². The molecule has 6 heteroatoms. The molecule has 2 aromatic rings. The lowest BCUT2D eigenvalue weighted by molar-refractivity contribution is -0.126. The Morgan fingerprint density at radius 2 is 1.75 bits per heavy atom. The van der Waals surface area contributed by atoms with Gasteiger partial charge < -0.3 is 20.6 Å². The van der Waals surface area contributed by atoms with E-state index >= 15 is 0 Å². The van der Waals surface area contributed by atoms with Crippen molar-refractivity contribution in [1.82, 2.24) is 5.32 Å². The highest BCUT2D eigenvalue weighted by atomic mass is 16.6. The Morgan fingerprint density at radius 1 is 1.04 bits per heavy atom. The van der Waals surface area contributed by atoms with E-state index in [-0.39, 0.29) is 24.4 Å². The van der Waals surface area contributed by atoms with Gasteiger partial charge in [-0.1, -0.05) is 66.9 Å². The standard InChI is InChI=1S/C22H27N3O3/c23-22(25-28-16-21(26)24-18-11-5-2-6-12-18)19-13-7-8-14-20(19)27-15-17-9-3-1-4-10-17/h1,3-4,7-10,13-14,18H,2,5-6,11-12,15-16H2,(H2,23,25)(H,24,26). The fraction of sp³-hybridized carbons (Fsp3) is 0.364. The number of ether oxygens (including phenoxy) is 1. The smallest absolute Gasteiger partial charge is 0.260 e. The van der Waals surface area contributed by atoms with Gasteiger partial charge in [0.05, 0.1) is 5.56 Å².